The average Bonchev–Trinajstić information content (AvgIpc) is 3.36. The van der Waals surface area contributed by atoms with Gasteiger partial charge >= 0.3 is 0 Å². The van der Waals surface area contributed by atoms with E-state index in [1.165, 1.54) is 0 Å². The third kappa shape index (κ3) is 3.89. The first kappa shape index (κ1) is 18.5. The van der Waals surface area contributed by atoms with E-state index in [9.17, 15) is 4.79 Å². The van der Waals surface area contributed by atoms with Crippen molar-refractivity contribution >= 4 is 11.6 Å². The van der Waals surface area contributed by atoms with Gasteiger partial charge in [0, 0.05) is 23.6 Å². The Morgan fingerprint density at radius 3 is 2.31 bits per heavy atom. The number of ether oxygens (including phenoxy) is 1. The Balaban J connectivity index is 1.57. The summed E-state index contributed by atoms with van der Waals surface area (Å²) in [5.74, 6) is 2.71. The zero-order chi connectivity index (χ0) is 20.4. The molecule has 7 heteroatoms. The van der Waals surface area contributed by atoms with Gasteiger partial charge in [-0.3, -0.25) is 4.79 Å². The molecule has 0 aliphatic heterocycles. The predicted molar refractivity (Wildman–Crippen MR) is 108 cm³/mol. The zero-order valence-corrected chi connectivity index (χ0v) is 16.2. The van der Waals surface area contributed by atoms with Crippen molar-refractivity contribution < 1.29 is 18.4 Å². The molecule has 0 radical (unpaired) electrons. The van der Waals surface area contributed by atoms with E-state index in [0.717, 1.165) is 17.1 Å². The quantitative estimate of drug-likeness (QED) is 0.523. The Morgan fingerprint density at radius 2 is 1.69 bits per heavy atom. The molecule has 7 nitrogen and oxygen atoms in total. The fourth-order valence-corrected chi connectivity index (χ4v) is 2.92. The third-order valence-corrected chi connectivity index (χ3v) is 4.39. The first-order valence-corrected chi connectivity index (χ1v) is 9.00. The summed E-state index contributed by atoms with van der Waals surface area (Å²) in [4.78, 5) is 12.7. The Bertz CT molecular complexity index is 1160. The lowest BCUT2D eigenvalue weighted by Crippen LogP contribution is -2.12. The van der Waals surface area contributed by atoms with Crippen LogP contribution in [-0.2, 0) is 0 Å². The van der Waals surface area contributed by atoms with Crippen molar-refractivity contribution in [3.05, 3.63) is 71.8 Å². The monoisotopic (exact) mass is 389 g/mol. The summed E-state index contributed by atoms with van der Waals surface area (Å²) in [6.45, 7) is 3.61. The summed E-state index contributed by atoms with van der Waals surface area (Å²) >= 11 is 0. The number of aryl methyl sites for hydroxylation is 2. The van der Waals surface area contributed by atoms with Gasteiger partial charge in [0.15, 0.2) is 0 Å². The van der Waals surface area contributed by atoms with Crippen molar-refractivity contribution in [2.45, 2.75) is 13.8 Å². The van der Waals surface area contributed by atoms with Gasteiger partial charge in [-0.25, -0.2) is 0 Å². The fourth-order valence-electron chi connectivity index (χ4n) is 2.92. The molecule has 0 atom stereocenters. The number of hydrogen-bond donors (Lipinski definition) is 1. The van der Waals surface area contributed by atoms with Gasteiger partial charge in [-0.15, -0.1) is 10.2 Å². The molecule has 1 amide bonds. The highest BCUT2D eigenvalue weighted by Crippen LogP contribution is 2.31. The van der Waals surface area contributed by atoms with Crippen LogP contribution >= 0.6 is 0 Å². The number of hydrogen-bond acceptors (Lipinski definition) is 6. The largest absolute Gasteiger partial charge is 0.495 e. The van der Waals surface area contributed by atoms with Crippen LogP contribution in [0.15, 0.2) is 63.4 Å². The summed E-state index contributed by atoms with van der Waals surface area (Å²) in [7, 11) is 1.54. The van der Waals surface area contributed by atoms with Gasteiger partial charge in [0.05, 0.1) is 12.8 Å². The van der Waals surface area contributed by atoms with E-state index in [1.54, 1.807) is 44.4 Å². The normalized spacial score (nSPS) is 10.7. The molecule has 0 bridgehead atoms. The van der Waals surface area contributed by atoms with Crippen LogP contribution in [0.25, 0.3) is 22.8 Å². The second kappa shape index (κ2) is 7.63. The van der Waals surface area contributed by atoms with Crippen LogP contribution in [0.1, 0.15) is 22.0 Å². The molecule has 2 aromatic carbocycles. The highest BCUT2D eigenvalue weighted by Gasteiger charge is 2.14. The van der Waals surface area contributed by atoms with Gasteiger partial charge in [0.1, 0.15) is 17.3 Å². The highest BCUT2D eigenvalue weighted by atomic mass is 16.5. The minimum absolute atomic E-state index is 0.260. The molecule has 0 aliphatic rings. The summed E-state index contributed by atoms with van der Waals surface area (Å²) in [5.41, 5.74) is 2.61. The summed E-state index contributed by atoms with van der Waals surface area (Å²) < 4.78 is 16.4. The van der Waals surface area contributed by atoms with Crippen molar-refractivity contribution in [2.24, 2.45) is 0 Å². The number of nitrogens with zero attached hydrogens (tertiary/aromatic N) is 2. The van der Waals surface area contributed by atoms with Crippen molar-refractivity contribution in [3.8, 4) is 28.5 Å². The molecule has 1 N–H and O–H groups in total. The number of nitrogens with one attached hydrogen (secondary N) is 1. The average molecular weight is 389 g/mol. The first-order valence-electron chi connectivity index (χ1n) is 9.00. The molecule has 0 unspecified atom stereocenters. The second-order valence-electron chi connectivity index (χ2n) is 6.48. The van der Waals surface area contributed by atoms with E-state index >= 15 is 0 Å². The number of anilines is 1. The van der Waals surface area contributed by atoms with E-state index in [2.05, 4.69) is 15.5 Å². The van der Waals surface area contributed by atoms with Crippen molar-refractivity contribution in [1.29, 1.82) is 0 Å². The van der Waals surface area contributed by atoms with Crippen LogP contribution in [0.4, 0.5) is 5.69 Å². The van der Waals surface area contributed by atoms with Gasteiger partial charge < -0.3 is 18.9 Å². The Kier molecular flexibility index (Phi) is 4.87. The number of methoxy groups -OCH3 is 1. The number of benzene rings is 2. The van der Waals surface area contributed by atoms with E-state index in [4.69, 9.17) is 13.6 Å². The maximum atomic E-state index is 12.7. The number of aromatic nitrogens is 2. The molecule has 2 aromatic heterocycles. The second-order valence-corrected chi connectivity index (χ2v) is 6.48. The molecular formula is C22H19N3O4. The maximum Gasteiger partial charge on any atom is 0.255 e. The van der Waals surface area contributed by atoms with Crippen molar-refractivity contribution in [2.75, 3.05) is 12.4 Å². The first-order chi connectivity index (χ1) is 14.0. The van der Waals surface area contributed by atoms with Crippen LogP contribution in [0.2, 0.25) is 0 Å². The zero-order valence-electron chi connectivity index (χ0n) is 16.2. The molecular weight excluding hydrogens is 370 g/mol. The molecule has 0 saturated carbocycles. The molecule has 0 spiro atoms. The smallest absolute Gasteiger partial charge is 0.255 e. The standard InChI is InChI=1S/C22H19N3O4/c1-13-4-10-19(28-13)15-5-7-16(8-6-15)21(26)23-18-12-17(9-11-20(18)27-3)22-25-24-14(2)29-22/h4-12H,1-3H3,(H,23,26). The van der Waals surface area contributed by atoms with Crippen LogP contribution in [0, 0.1) is 13.8 Å². The Labute approximate surface area is 167 Å². The molecule has 0 fully saturated rings. The molecule has 146 valence electrons. The summed E-state index contributed by atoms with van der Waals surface area (Å²) in [6.07, 6.45) is 0. The number of carbonyl (C=O) groups excluding carboxylic acids is 1. The molecule has 29 heavy (non-hydrogen) atoms. The van der Waals surface area contributed by atoms with Gasteiger partial charge in [0.2, 0.25) is 11.8 Å². The number of carbonyl (C=O) groups is 1. The molecule has 0 saturated heterocycles. The van der Waals surface area contributed by atoms with Gasteiger partial charge in [-0.1, -0.05) is 12.1 Å². The highest BCUT2D eigenvalue weighted by molar-refractivity contribution is 6.05. The van der Waals surface area contributed by atoms with Crippen LogP contribution in [0.3, 0.4) is 0 Å². The molecule has 2 heterocycles. The molecule has 4 aromatic rings. The number of rotatable bonds is 5. The Morgan fingerprint density at radius 1 is 0.931 bits per heavy atom. The van der Waals surface area contributed by atoms with Crippen molar-refractivity contribution in [3.63, 3.8) is 0 Å². The Hall–Kier alpha value is -3.87. The number of furan rings is 1. The number of amides is 1. The van der Waals surface area contributed by atoms with E-state index in [0.29, 0.717) is 34.3 Å². The van der Waals surface area contributed by atoms with Crippen LogP contribution in [-0.4, -0.2) is 23.2 Å². The van der Waals surface area contributed by atoms with Gasteiger partial charge in [0.25, 0.3) is 5.91 Å². The lowest BCUT2D eigenvalue weighted by Gasteiger charge is -2.11. The molecule has 4 rings (SSSR count). The summed E-state index contributed by atoms with van der Waals surface area (Å²) in [6, 6.07) is 16.3. The van der Waals surface area contributed by atoms with E-state index < -0.39 is 0 Å². The van der Waals surface area contributed by atoms with E-state index in [1.807, 2.05) is 31.2 Å². The van der Waals surface area contributed by atoms with E-state index in [-0.39, 0.29) is 5.91 Å². The lowest BCUT2D eigenvalue weighted by atomic mass is 10.1. The molecule has 0 aliphatic carbocycles. The fraction of sp³-hybridized carbons (Fsp3) is 0.136. The SMILES string of the molecule is COc1ccc(-c2nnc(C)o2)cc1NC(=O)c1ccc(-c2ccc(C)o2)cc1. The lowest BCUT2D eigenvalue weighted by molar-refractivity contribution is 0.102. The van der Waals surface area contributed by atoms with Gasteiger partial charge in [-0.2, -0.15) is 0 Å². The predicted octanol–water partition coefficient (Wildman–Crippen LogP) is 4.87. The third-order valence-electron chi connectivity index (χ3n) is 4.39. The minimum atomic E-state index is -0.260. The minimum Gasteiger partial charge on any atom is -0.495 e. The maximum absolute atomic E-state index is 12.7. The summed E-state index contributed by atoms with van der Waals surface area (Å²) in [5, 5.41) is 10.7. The van der Waals surface area contributed by atoms with Crippen LogP contribution in [0.5, 0.6) is 5.75 Å². The van der Waals surface area contributed by atoms with Crippen molar-refractivity contribution in [1.82, 2.24) is 10.2 Å². The van der Waals surface area contributed by atoms with Crippen LogP contribution < -0.4 is 10.1 Å². The topological polar surface area (TPSA) is 90.4 Å². The van der Waals surface area contributed by atoms with Gasteiger partial charge in [-0.05, 0) is 49.4 Å².